The molecule has 0 spiro atoms. The predicted octanol–water partition coefficient (Wildman–Crippen LogP) is 4.99. The molecule has 0 saturated carbocycles. The van der Waals surface area contributed by atoms with E-state index in [1.165, 1.54) is 4.90 Å². The third-order valence-electron chi connectivity index (χ3n) is 6.36. The van der Waals surface area contributed by atoms with E-state index in [0.29, 0.717) is 6.07 Å². The molecule has 8 nitrogen and oxygen atoms in total. The number of benzene rings is 2. The molecule has 1 amide bonds. The lowest BCUT2D eigenvalue weighted by atomic mass is 9.91. The van der Waals surface area contributed by atoms with Gasteiger partial charge in [-0.1, -0.05) is 13.0 Å². The van der Waals surface area contributed by atoms with Crippen molar-refractivity contribution in [3.8, 4) is 11.5 Å². The topological polar surface area (TPSA) is 107 Å². The van der Waals surface area contributed by atoms with Crippen LogP contribution in [0, 0.1) is 5.92 Å². The minimum Gasteiger partial charge on any atom is -0.406 e. The fourth-order valence-corrected chi connectivity index (χ4v) is 7.35. The number of halogens is 6. The molecule has 0 aromatic heterocycles. The Balaban J connectivity index is 1.80. The maximum Gasteiger partial charge on any atom is 0.573 e. The highest BCUT2D eigenvalue weighted by atomic mass is 32.2. The number of nitrogens with zero attached hydrogens (tertiary/aromatic N) is 1. The highest BCUT2D eigenvalue weighted by Gasteiger charge is 2.39. The summed E-state index contributed by atoms with van der Waals surface area (Å²) in [6.07, 6.45) is -9.05. The Kier molecular flexibility index (Phi) is 9.03. The van der Waals surface area contributed by atoms with Crippen LogP contribution >= 0.6 is 0 Å². The zero-order chi connectivity index (χ0) is 30.1. The summed E-state index contributed by atoms with van der Waals surface area (Å²) < 4.78 is 135. The summed E-state index contributed by atoms with van der Waals surface area (Å²) in [4.78, 5) is 13.4. The molecule has 1 heterocycles. The Morgan fingerprint density at radius 3 is 2.05 bits per heavy atom. The van der Waals surface area contributed by atoms with Crippen molar-refractivity contribution in [1.29, 1.82) is 0 Å². The number of hydrogen-bond donors (Lipinski definition) is 0. The fraction of sp³-hybridized carbons (Fsp3) is 0.458. The van der Waals surface area contributed by atoms with E-state index >= 15 is 0 Å². The van der Waals surface area contributed by atoms with Gasteiger partial charge in [0.2, 0.25) is 0 Å². The number of sulfone groups is 2. The van der Waals surface area contributed by atoms with Crippen molar-refractivity contribution in [3.63, 3.8) is 0 Å². The lowest BCUT2D eigenvalue weighted by Crippen LogP contribution is -2.43. The van der Waals surface area contributed by atoms with Gasteiger partial charge in [-0.05, 0) is 61.6 Å². The van der Waals surface area contributed by atoms with Gasteiger partial charge in [-0.2, -0.15) is 0 Å². The molecule has 1 saturated heterocycles. The molecule has 0 N–H and O–H groups in total. The minimum atomic E-state index is -5.21. The van der Waals surface area contributed by atoms with Gasteiger partial charge in [0.05, 0.1) is 20.6 Å². The first-order chi connectivity index (χ1) is 18.3. The average Bonchev–Trinajstić information content (AvgIpc) is 2.82. The van der Waals surface area contributed by atoms with Gasteiger partial charge in [-0.15, -0.1) is 26.3 Å². The zero-order valence-electron chi connectivity index (χ0n) is 21.1. The van der Waals surface area contributed by atoms with Crippen molar-refractivity contribution >= 4 is 25.6 Å². The lowest BCUT2D eigenvalue weighted by Gasteiger charge is -2.36. The first-order valence-corrected chi connectivity index (χ1v) is 15.2. The van der Waals surface area contributed by atoms with E-state index in [1.807, 2.05) is 0 Å². The summed E-state index contributed by atoms with van der Waals surface area (Å²) in [7, 11) is -8.03. The molecule has 40 heavy (non-hydrogen) atoms. The molecule has 1 atom stereocenters. The van der Waals surface area contributed by atoms with Gasteiger partial charge in [-0.25, -0.2) is 16.8 Å². The van der Waals surface area contributed by atoms with Crippen LogP contribution in [0.25, 0.3) is 0 Å². The monoisotopic (exact) mass is 617 g/mol. The number of piperidine rings is 1. The van der Waals surface area contributed by atoms with E-state index in [-0.39, 0.29) is 37.2 Å². The molecular weight excluding hydrogens is 592 g/mol. The van der Waals surface area contributed by atoms with Crippen LogP contribution in [0.5, 0.6) is 11.5 Å². The number of ether oxygens (including phenoxy) is 2. The number of amides is 1. The normalized spacial score (nSPS) is 16.4. The van der Waals surface area contributed by atoms with Crippen molar-refractivity contribution in [1.82, 2.24) is 4.90 Å². The van der Waals surface area contributed by atoms with Crippen LogP contribution in [0.3, 0.4) is 0 Å². The number of carbonyl (C=O) groups excluding carboxylic acids is 1. The Labute approximate surface area is 226 Å². The smallest absolute Gasteiger partial charge is 0.406 e. The molecule has 1 aliphatic rings. The molecule has 16 heteroatoms. The van der Waals surface area contributed by atoms with Gasteiger partial charge in [-0.3, -0.25) is 4.79 Å². The molecule has 0 aliphatic carbocycles. The van der Waals surface area contributed by atoms with Crippen LogP contribution < -0.4 is 9.47 Å². The van der Waals surface area contributed by atoms with Crippen molar-refractivity contribution < 1.29 is 57.4 Å². The van der Waals surface area contributed by atoms with Crippen LogP contribution in [0.15, 0.2) is 52.3 Å². The largest absolute Gasteiger partial charge is 0.573 e. The second-order valence-electron chi connectivity index (χ2n) is 9.12. The Morgan fingerprint density at radius 1 is 0.925 bits per heavy atom. The summed E-state index contributed by atoms with van der Waals surface area (Å²) in [5.41, 5.74) is -0.524. The summed E-state index contributed by atoms with van der Waals surface area (Å²) in [5.74, 6) is -3.06. The maximum atomic E-state index is 13.3. The van der Waals surface area contributed by atoms with E-state index < -0.39 is 71.4 Å². The Morgan fingerprint density at radius 2 is 1.52 bits per heavy atom. The van der Waals surface area contributed by atoms with Gasteiger partial charge in [0.1, 0.15) is 11.5 Å². The molecule has 222 valence electrons. The van der Waals surface area contributed by atoms with E-state index in [4.69, 9.17) is 0 Å². The quantitative estimate of drug-likeness (QED) is 0.384. The van der Waals surface area contributed by atoms with E-state index in [9.17, 15) is 48.0 Å². The van der Waals surface area contributed by atoms with Crippen LogP contribution in [-0.2, 0) is 19.7 Å². The van der Waals surface area contributed by atoms with Crippen molar-refractivity contribution in [2.75, 3.05) is 19.3 Å². The van der Waals surface area contributed by atoms with Gasteiger partial charge in [0.15, 0.2) is 19.7 Å². The third kappa shape index (κ3) is 7.80. The van der Waals surface area contributed by atoms with Crippen molar-refractivity contribution in [2.24, 2.45) is 5.92 Å². The lowest BCUT2D eigenvalue weighted by molar-refractivity contribution is -0.275. The van der Waals surface area contributed by atoms with Crippen LogP contribution in [0.2, 0.25) is 0 Å². The van der Waals surface area contributed by atoms with E-state index in [1.54, 1.807) is 6.92 Å². The second-order valence-corrected chi connectivity index (χ2v) is 13.3. The van der Waals surface area contributed by atoms with Gasteiger partial charge < -0.3 is 14.4 Å². The Hall–Kier alpha value is -3.01. The summed E-state index contributed by atoms with van der Waals surface area (Å²) >= 11 is 0. The van der Waals surface area contributed by atoms with E-state index in [2.05, 4.69) is 9.47 Å². The van der Waals surface area contributed by atoms with Gasteiger partial charge in [0.25, 0.3) is 5.91 Å². The summed E-state index contributed by atoms with van der Waals surface area (Å²) in [6.45, 7) is 1.53. The minimum absolute atomic E-state index is 0.0357. The average molecular weight is 618 g/mol. The number of hydrogen-bond acceptors (Lipinski definition) is 7. The summed E-state index contributed by atoms with van der Waals surface area (Å²) in [6, 6.07) is 6.54. The Bertz CT molecular complexity index is 1450. The summed E-state index contributed by atoms with van der Waals surface area (Å²) in [5, 5.41) is -1.01. The highest BCUT2D eigenvalue weighted by molar-refractivity contribution is 7.92. The van der Waals surface area contributed by atoms with Crippen molar-refractivity contribution in [3.05, 3.63) is 48.0 Å². The van der Waals surface area contributed by atoms with Crippen LogP contribution in [0.1, 0.15) is 36.5 Å². The molecule has 2 aromatic carbocycles. The molecule has 1 unspecified atom stereocenters. The van der Waals surface area contributed by atoms with Gasteiger partial charge >= 0.3 is 12.7 Å². The third-order valence-corrected chi connectivity index (χ3v) is 9.90. The van der Waals surface area contributed by atoms with Crippen LogP contribution in [0.4, 0.5) is 26.3 Å². The SMILES string of the molecule is CCC(C1CCN(C(=O)c2ccc(S(C)(=O)=O)cc2OC(F)(F)F)CC1)S(=O)(=O)c1cccc(OC(F)(F)F)c1. The molecular formula is C24H25F6NO7S2. The number of carbonyl (C=O) groups is 1. The van der Waals surface area contributed by atoms with Gasteiger partial charge in [0, 0.05) is 19.3 Å². The molecule has 2 aromatic rings. The molecule has 1 fully saturated rings. The number of rotatable bonds is 8. The van der Waals surface area contributed by atoms with Crippen molar-refractivity contribution in [2.45, 2.75) is 54.0 Å². The molecule has 0 radical (unpaired) electrons. The molecule has 0 bridgehead atoms. The zero-order valence-corrected chi connectivity index (χ0v) is 22.8. The first kappa shape index (κ1) is 31.5. The molecule has 1 aliphatic heterocycles. The first-order valence-electron chi connectivity index (χ1n) is 11.8. The van der Waals surface area contributed by atoms with Crippen LogP contribution in [-0.4, -0.2) is 65.0 Å². The predicted molar refractivity (Wildman–Crippen MR) is 129 cm³/mol. The maximum absolute atomic E-state index is 13.3. The molecule has 3 rings (SSSR count). The number of likely N-dealkylation sites (tertiary alicyclic amines) is 1. The highest BCUT2D eigenvalue weighted by Crippen LogP contribution is 2.35. The second kappa shape index (κ2) is 11.5. The van der Waals surface area contributed by atoms with E-state index in [0.717, 1.165) is 42.7 Å². The number of alkyl halides is 6. The standard InChI is InChI=1S/C24H25F6NO7S2/c1-3-21(40(35,36)18-6-4-5-16(13-18)37-23(25,26)27)15-9-11-31(12-10-15)22(32)19-8-7-17(39(2,33)34)14-20(19)38-24(28,29)30/h4-8,13-15,21H,3,9-12H2,1-2H3. The fourth-order valence-electron chi connectivity index (χ4n) is 4.59.